The Labute approximate surface area is 184 Å². The van der Waals surface area contributed by atoms with Crippen LogP contribution in [0.5, 0.6) is 0 Å². The Morgan fingerprint density at radius 2 is 1.84 bits per heavy atom. The number of H-pyrrole nitrogens is 1. The number of fused-ring (bicyclic) bond motifs is 1. The van der Waals surface area contributed by atoms with Crippen LogP contribution in [0.2, 0.25) is 0 Å². The molecule has 1 amide bonds. The van der Waals surface area contributed by atoms with E-state index < -0.39 is 0 Å². The molecule has 0 unspecified atom stereocenters. The standard InChI is InChI=1S/C23H25N7O2/c1-16-7-9-17(10-8-16)20-15-30(29-26-20)14-11-21(31)24-12-4-13-25-22-18-5-2-3-6-19(18)23(32)28-27-22/h2-3,5-10,15H,4,11-14H2,1H3,(H,24,31)(H,25,27)(H,28,32). The first kappa shape index (κ1) is 21.2. The summed E-state index contributed by atoms with van der Waals surface area (Å²) in [4.78, 5) is 24.0. The maximum atomic E-state index is 12.1. The monoisotopic (exact) mass is 431 g/mol. The predicted octanol–water partition coefficient (Wildman–Crippen LogP) is 2.50. The molecule has 2 aromatic carbocycles. The van der Waals surface area contributed by atoms with E-state index in [0.29, 0.717) is 37.3 Å². The zero-order chi connectivity index (χ0) is 22.3. The predicted molar refractivity (Wildman–Crippen MR) is 123 cm³/mol. The molecule has 0 radical (unpaired) electrons. The number of carbonyl (C=O) groups excluding carboxylic acids is 1. The fraction of sp³-hybridized carbons (Fsp3) is 0.261. The van der Waals surface area contributed by atoms with Crippen molar-refractivity contribution in [3.63, 3.8) is 0 Å². The Hall–Kier alpha value is -4.01. The lowest BCUT2D eigenvalue weighted by atomic mass is 10.1. The van der Waals surface area contributed by atoms with E-state index in [-0.39, 0.29) is 11.5 Å². The molecular formula is C23H25N7O2. The summed E-state index contributed by atoms with van der Waals surface area (Å²) in [6.07, 6.45) is 2.90. The zero-order valence-electron chi connectivity index (χ0n) is 17.8. The van der Waals surface area contributed by atoms with E-state index in [1.807, 2.05) is 55.6 Å². The van der Waals surface area contributed by atoms with Gasteiger partial charge in [0.05, 0.1) is 18.1 Å². The number of anilines is 1. The van der Waals surface area contributed by atoms with Crippen molar-refractivity contribution in [3.8, 4) is 11.3 Å². The third kappa shape index (κ3) is 5.18. The molecule has 0 aliphatic rings. The summed E-state index contributed by atoms with van der Waals surface area (Å²) < 4.78 is 1.68. The van der Waals surface area contributed by atoms with Gasteiger partial charge in [-0.15, -0.1) is 5.10 Å². The van der Waals surface area contributed by atoms with Crippen LogP contribution in [0.4, 0.5) is 5.82 Å². The van der Waals surface area contributed by atoms with E-state index >= 15 is 0 Å². The van der Waals surface area contributed by atoms with Gasteiger partial charge in [0, 0.05) is 30.5 Å². The Bertz CT molecular complexity index is 1260. The van der Waals surface area contributed by atoms with Gasteiger partial charge in [-0.3, -0.25) is 14.3 Å². The maximum absolute atomic E-state index is 12.1. The van der Waals surface area contributed by atoms with Gasteiger partial charge in [0.2, 0.25) is 5.91 Å². The van der Waals surface area contributed by atoms with Gasteiger partial charge >= 0.3 is 0 Å². The molecule has 0 bridgehead atoms. The number of rotatable bonds is 9. The van der Waals surface area contributed by atoms with Crippen LogP contribution in [0.25, 0.3) is 22.0 Å². The third-order valence-electron chi connectivity index (χ3n) is 5.12. The lowest BCUT2D eigenvalue weighted by molar-refractivity contribution is -0.121. The lowest BCUT2D eigenvalue weighted by Crippen LogP contribution is -2.27. The molecule has 0 fully saturated rings. The normalized spacial score (nSPS) is 10.9. The number of amides is 1. The zero-order valence-corrected chi connectivity index (χ0v) is 17.8. The summed E-state index contributed by atoms with van der Waals surface area (Å²) in [7, 11) is 0. The number of carbonyl (C=O) groups is 1. The molecule has 0 saturated carbocycles. The quantitative estimate of drug-likeness (QED) is 0.351. The highest BCUT2D eigenvalue weighted by atomic mass is 16.1. The van der Waals surface area contributed by atoms with Gasteiger partial charge in [-0.1, -0.05) is 53.2 Å². The average molecular weight is 432 g/mol. The van der Waals surface area contributed by atoms with Crippen molar-refractivity contribution in [1.29, 1.82) is 0 Å². The van der Waals surface area contributed by atoms with Crippen molar-refractivity contribution in [2.45, 2.75) is 26.3 Å². The maximum Gasteiger partial charge on any atom is 0.272 e. The van der Waals surface area contributed by atoms with Crippen molar-refractivity contribution in [3.05, 3.63) is 70.6 Å². The van der Waals surface area contributed by atoms with Gasteiger partial charge in [-0.25, -0.2) is 5.10 Å². The number of benzene rings is 2. The van der Waals surface area contributed by atoms with Crippen molar-refractivity contribution < 1.29 is 4.79 Å². The molecule has 9 nitrogen and oxygen atoms in total. The van der Waals surface area contributed by atoms with Crippen molar-refractivity contribution in [2.75, 3.05) is 18.4 Å². The molecular weight excluding hydrogens is 406 g/mol. The molecule has 0 spiro atoms. The van der Waals surface area contributed by atoms with Crippen molar-refractivity contribution >= 4 is 22.5 Å². The van der Waals surface area contributed by atoms with E-state index in [2.05, 4.69) is 31.1 Å². The molecule has 32 heavy (non-hydrogen) atoms. The molecule has 3 N–H and O–H groups in total. The molecule has 9 heteroatoms. The van der Waals surface area contributed by atoms with Crippen LogP contribution in [0, 0.1) is 6.92 Å². The summed E-state index contributed by atoms with van der Waals surface area (Å²) in [5.41, 5.74) is 2.77. The van der Waals surface area contributed by atoms with Gasteiger partial charge < -0.3 is 10.6 Å². The average Bonchev–Trinajstić information content (AvgIpc) is 3.28. The summed E-state index contributed by atoms with van der Waals surface area (Å²) in [6.45, 7) is 3.67. The van der Waals surface area contributed by atoms with E-state index in [9.17, 15) is 9.59 Å². The third-order valence-corrected chi connectivity index (χ3v) is 5.12. The van der Waals surface area contributed by atoms with Crippen LogP contribution in [-0.2, 0) is 11.3 Å². The van der Waals surface area contributed by atoms with Crippen LogP contribution in [0.15, 0.2) is 59.5 Å². The fourth-order valence-corrected chi connectivity index (χ4v) is 3.34. The number of aromatic nitrogens is 5. The number of aromatic amines is 1. The first-order valence-electron chi connectivity index (χ1n) is 10.6. The first-order valence-corrected chi connectivity index (χ1v) is 10.6. The minimum Gasteiger partial charge on any atom is -0.368 e. The van der Waals surface area contributed by atoms with E-state index in [4.69, 9.17) is 0 Å². The Morgan fingerprint density at radius 1 is 1.06 bits per heavy atom. The molecule has 0 aliphatic heterocycles. The minimum atomic E-state index is -0.211. The SMILES string of the molecule is Cc1ccc(-c2cn(CCC(=O)NCCCNc3n[nH]c(=O)c4ccccc34)nn2)cc1. The molecule has 4 rings (SSSR count). The summed E-state index contributed by atoms with van der Waals surface area (Å²) in [5.74, 6) is 0.590. The van der Waals surface area contributed by atoms with Gasteiger partial charge in [0.1, 0.15) is 5.69 Å². The van der Waals surface area contributed by atoms with Gasteiger partial charge in [-0.2, -0.15) is 5.10 Å². The molecule has 0 atom stereocenters. The van der Waals surface area contributed by atoms with Crippen molar-refractivity contribution in [1.82, 2.24) is 30.5 Å². The largest absolute Gasteiger partial charge is 0.368 e. The Kier molecular flexibility index (Phi) is 6.54. The van der Waals surface area contributed by atoms with Crippen LogP contribution in [-0.4, -0.2) is 44.2 Å². The number of hydrogen-bond donors (Lipinski definition) is 3. The highest BCUT2D eigenvalue weighted by Crippen LogP contribution is 2.17. The van der Waals surface area contributed by atoms with E-state index in [0.717, 1.165) is 23.1 Å². The van der Waals surface area contributed by atoms with Crippen LogP contribution >= 0.6 is 0 Å². The van der Waals surface area contributed by atoms with Gasteiger partial charge in [0.15, 0.2) is 5.82 Å². The van der Waals surface area contributed by atoms with E-state index in [1.165, 1.54) is 5.56 Å². The highest BCUT2D eigenvalue weighted by Gasteiger charge is 2.07. The Balaban J connectivity index is 1.18. The van der Waals surface area contributed by atoms with Crippen molar-refractivity contribution in [2.24, 2.45) is 0 Å². The molecule has 0 saturated heterocycles. The second-order valence-electron chi connectivity index (χ2n) is 7.56. The second kappa shape index (κ2) is 9.86. The van der Waals surface area contributed by atoms with Crippen LogP contribution < -0.4 is 16.2 Å². The molecule has 2 heterocycles. The fourth-order valence-electron chi connectivity index (χ4n) is 3.34. The smallest absolute Gasteiger partial charge is 0.272 e. The van der Waals surface area contributed by atoms with Gasteiger partial charge in [-0.05, 0) is 19.4 Å². The number of nitrogens with one attached hydrogen (secondary N) is 3. The number of hydrogen-bond acceptors (Lipinski definition) is 6. The number of nitrogens with zero attached hydrogens (tertiary/aromatic N) is 4. The highest BCUT2D eigenvalue weighted by molar-refractivity contribution is 5.90. The summed E-state index contributed by atoms with van der Waals surface area (Å²) >= 11 is 0. The Morgan fingerprint density at radius 3 is 2.66 bits per heavy atom. The summed E-state index contributed by atoms with van der Waals surface area (Å²) in [5, 5.41) is 22.4. The van der Waals surface area contributed by atoms with Crippen LogP contribution in [0.1, 0.15) is 18.4 Å². The lowest BCUT2D eigenvalue weighted by Gasteiger charge is -2.09. The van der Waals surface area contributed by atoms with Crippen LogP contribution in [0.3, 0.4) is 0 Å². The van der Waals surface area contributed by atoms with Gasteiger partial charge in [0.25, 0.3) is 5.56 Å². The van der Waals surface area contributed by atoms with E-state index in [1.54, 1.807) is 10.7 Å². The molecule has 164 valence electrons. The topological polar surface area (TPSA) is 118 Å². The first-order chi connectivity index (χ1) is 15.6. The second-order valence-corrected chi connectivity index (χ2v) is 7.56. The molecule has 2 aromatic heterocycles. The molecule has 0 aliphatic carbocycles. The number of aryl methyl sites for hydroxylation is 2. The minimum absolute atomic E-state index is 0.0370. The summed E-state index contributed by atoms with van der Waals surface area (Å²) in [6, 6.07) is 15.4. The molecule has 4 aromatic rings.